The predicted molar refractivity (Wildman–Crippen MR) is 64.0 cm³/mol. The molecule has 17 heavy (non-hydrogen) atoms. The van der Waals surface area contributed by atoms with Crippen molar-refractivity contribution in [1.82, 2.24) is 4.90 Å². The van der Waals surface area contributed by atoms with Crippen LogP contribution in [0.3, 0.4) is 0 Å². The van der Waals surface area contributed by atoms with Crippen LogP contribution in [0.5, 0.6) is 0 Å². The number of morpholine rings is 1. The minimum Gasteiger partial charge on any atom is -0.456 e. The third-order valence-corrected chi connectivity index (χ3v) is 3.09. The van der Waals surface area contributed by atoms with Crippen LogP contribution >= 0.6 is 0 Å². The lowest BCUT2D eigenvalue weighted by molar-refractivity contribution is -0.0396. The van der Waals surface area contributed by atoms with Crippen molar-refractivity contribution in [1.29, 1.82) is 0 Å². The first-order chi connectivity index (χ1) is 8.11. The average molecular weight is 237 g/mol. The van der Waals surface area contributed by atoms with Gasteiger partial charge in [-0.1, -0.05) is 6.92 Å². The van der Waals surface area contributed by atoms with Gasteiger partial charge in [0.15, 0.2) is 5.76 Å². The Morgan fingerprint density at radius 2 is 2.24 bits per heavy atom. The molecule has 1 aliphatic heterocycles. The van der Waals surface area contributed by atoms with Crippen molar-refractivity contribution >= 4 is 5.91 Å². The number of rotatable bonds is 2. The lowest BCUT2D eigenvalue weighted by Crippen LogP contribution is -2.50. The maximum atomic E-state index is 12.3. The molecule has 1 fully saturated rings. The monoisotopic (exact) mass is 237 g/mol. The largest absolute Gasteiger partial charge is 0.456 e. The molecule has 1 amide bonds. The summed E-state index contributed by atoms with van der Waals surface area (Å²) in [5.74, 6) is 1.25. The van der Waals surface area contributed by atoms with Crippen LogP contribution in [0.25, 0.3) is 0 Å². The first-order valence-corrected chi connectivity index (χ1v) is 6.13. The standard InChI is InChI=1S/C13H19NO3/c1-4-11-5-6-12(17-11)13(15)14-7-10(3)16-8-9(14)2/h5-6,9-10H,4,7-8H2,1-3H3/t9-,10-/m0/s1. The number of nitrogens with zero attached hydrogens (tertiary/aromatic N) is 1. The third-order valence-electron chi connectivity index (χ3n) is 3.09. The second-order valence-electron chi connectivity index (χ2n) is 4.57. The number of aryl methyl sites for hydroxylation is 1. The molecule has 0 N–H and O–H groups in total. The first-order valence-electron chi connectivity index (χ1n) is 6.13. The Morgan fingerprint density at radius 3 is 2.88 bits per heavy atom. The molecule has 1 aliphatic rings. The average Bonchev–Trinajstić information content (AvgIpc) is 2.80. The van der Waals surface area contributed by atoms with Crippen molar-refractivity contribution in [2.45, 2.75) is 39.3 Å². The van der Waals surface area contributed by atoms with Crippen molar-refractivity contribution in [2.75, 3.05) is 13.2 Å². The van der Waals surface area contributed by atoms with E-state index in [0.29, 0.717) is 18.9 Å². The summed E-state index contributed by atoms with van der Waals surface area (Å²) in [5, 5.41) is 0. The number of carbonyl (C=O) groups excluding carboxylic acids is 1. The summed E-state index contributed by atoms with van der Waals surface area (Å²) in [6, 6.07) is 3.73. The molecule has 0 aliphatic carbocycles. The van der Waals surface area contributed by atoms with Crippen LogP contribution in [-0.4, -0.2) is 36.1 Å². The van der Waals surface area contributed by atoms with Gasteiger partial charge in [-0.15, -0.1) is 0 Å². The van der Waals surface area contributed by atoms with Crippen molar-refractivity contribution < 1.29 is 13.9 Å². The molecule has 2 heterocycles. The van der Waals surface area contributed by atoms with Gasteiger partial charge >= 0.3 is 0 Å². The molecule has 1 aromatic rings. The van der Waals surface area contributed by atoms with E-state index >= 15 is 0 Å². The van der Waals surface area contributed by atoms with E-state index in [2.05, 4.69) is 0 Å². The highest BCUT2D eigenvalue weighted by Gasteiger charge is 2.29. The number of carbonyl (C=O) groups is 1. The van der Waals surface area contributed by atoms with Crippen LogP contribution in [-0.2, 0) is 11.2 Å². The van der Waals surface area contributed by atoms with Gasteiger partial charge in [0.25, 0.3) is 5.91 Å². The van der Waals surface area contributed by atoms with E-state index in [0.717, 1.165) is 12.2 Å². The Labute approximate surface area is 102 Å². The lowest BCUT2D eigenvalue weighted by atomic mass is 10.2. The number of furan rings is 1. The van der Waals surface area contributed by atoms with Gasteiger partial charge in [0.05, 0.1) is 18.8 Å². The van der Waals surface area contributed by atoms with Crippen molar-refractivity contribution in [3.05, 3.63) is 23.7 Å². The van der Waals surface area contributed by atoms with Gasteiger partial charge in [0, 0.05) is 13.0 Å². The molecule has 1 aromatic heterocycles. The zero-order valence-electron chi connectivity index (χ0n) is 10.6. The molecule has 1 saturated heterocycles. The van der Waals surface area contributed by atoms with Gasteiger partial charge in [0.1, 0.15) is 5.76 Å². The number of amides is 1. The van der Waals surface area contributed by atoms with Crippen LogP contribution in [0, 0.1) is 0 Å². The van der Waals surface area contributed by atoms with Crippen molar-refractivity contribution in [3.8, 4) is 0 Å². The Morgan fingerprint density at radius 1 is 1.47 bits per heavy atom. The summed E-state index contributed by atoms with van der Waals surface area (Å²) in [6.45, 7) is 7.20. The maximum Gasteiger partial charge on any atom is 0.289 e. The molecule has 0 aromatic carbocycles. The normalized spacial score (nSPS) is 25.0. The molecule has 4 heteroatoms. The molecule has 0 saturated carbocycles. The summed E-state index contributed by atoms with van der Waals surface area (Å²) >= 11 is 0. The molecule has 2 rings (SSSR count). The van der Waals surface area contributed by atoms with Crippen LogP contribution in [0.15, 0.2) is 16.5 Å². The van der Waals surface area contributed by atoms with Gasteiger partial charge < -0.3 is 14.1 Å². The van der Waals surface area contributed by atoms with Crippen LogP contribution in [0.1, 0.15) is 37.1 Å². The van der Waals surface area contributed by atoms with E-state index in [1.807, 2.05) is 31.7 Å². The highest BCUT2D eigenvalue weighted by Crippen LogP contribution is 2.17. The van der Waals surface area contributed by atoms with Gasteiger partial charge in [-0.25, -0.2) is 0 Å². The topological polar surface area (TPSA) is 42.7 Å². The lowest BCUT2D eigenvalue weighted by Gasteiger charge is -2.36. The van der Waals surface area contributed by atoms with E-state index in [1.54, 1.807) is 6.07 Å². The molecule has 2 atom stereocenters. The highest BCUT2D eigenvalue weighted by molar-refractivity contribution is 5.91. The van der Waals surface area contributed by atoms with E-state index in [1.165, 1.54) is 0 Å². The van der Waals surface area contributed by atoms with Gasteiger partial charge in [-0.3, -0.25) is 4.79 Å². The van der Waals surface area contributed by atoms with E-state index in [9.17, 15) is 4.79 Å². The predicted octanol–water partition coefficient (Wildman–Crippen LogP) is 2.09. The second kappa shape index (κ2) is 4.92. The molecule has 0 bridgehead atoms. The minimum atomic E-state index is -0.0349. The van der Waals surface area contributed by atoms with E-state index in [-0.39, 0.29) is 18.1 Å². The quantitative estimate of drug-likeness (QED) is 0.791. The summed E-state index contributed by atoms with van der Waals surface area (Å²) in [6.07, 6.45) is 0.901. The Balaban J connectivity index is 2.12. The molecule has 0 spiro atoms. The Hall–Kier alpha value is -1.29. The number of ether oxygens (including phenoxy) is 1. The molecular formula is C13H19NO3. The van der Waals surface area contributed by atoms with Crippen molar-refractivity contribution in [2.24, 2.45) is 0 Å². The molecule has 0 unspecified atom stereocenters. The van der Waals surface area contributed by atoms with E-state index < -0.39 is 0 Å². The fraction of sp³-hybridized carbons (Fsp3) is 0.615. The fourth-order valence-electron chi connectivity index (χ4n) is 2.01. The van der Waals surface area contributed by atoms with Crippen LogP contribution in [0.4, 0.5) is 0 Å². The minimum absolute atomic E-state index is 0.0349. The highest BCUT2D eigenvalue weighted by atomic mass is 16.5. The van der Waals surface area contributed by atoms with Gasteiger partial charge in [0.2, 0.25) is 0 Å². The SMILES string of the molecule is CCc1ccc(C(=O)N2C[C@H](C)OC[C@@H]2C)o1. The van der Waals surface area contributed by atoms with Gasteiger partial charge in [-0.2, -0.15) is 0 Å². The smallest absolute Gasteiger partial charge is 0.289 e. The molecular weight excluding hydrogens is 218 g/mol. The summed E-state index contributed by atoms with van der Waals surface area (Å²) in [4.78, 5) is 14.1. The summed E-state index contributed by atoms with van der Waals surface area (Å²) in [5.41, 5.74) is 0. The third kappa shape index (κ3) is 2.52. The first kappa shape index (κ1) is 12.2. The van der Waals surface area contributed by atoms with Crippen molar-refractivity contribution in [3.63, 3.8) is 0 Å². The molecule has 4 nitrogen and oxygen atoms in total. The number of hydrogen-bond acceptors (Lipinski definition) is 3. The summed E-state index contributed by atoms with van der Waals surface area (Å²) < 4.78 is 11.0. The summed E-state index contributed by atoms with van der Waals surface area (Å²) in [7, 11) is 0. The van der Waals surface area contributed by atoms with Crippen LogP contribution < -0.4 is 0 Å². The zero-order chi connectivity index (χ0) is 12.4. The number of hydrogen-bond donors (Lipinski definition) is 0. The van der Waals surface area contributed by atoms with Crippen LogP contribution in [0.2, 0.25) is 0 Å². The second-order valence-corrected chi connectivity index (χ2v) is 4.57. The maximum absolute atomic E-state index is 12.3. The Bertz CT molecular complexity index is 399. The Kier molecular flexibility index (Phi) is 3.52. The molecule has 0 radical (unpaired) electrons. The van der Waals surface area contributed by atoms with Gasteiger partial charge in [-0.05, 0) is 26.0 Å². The zero-order valence-corrected chi connectivity index (χ0v) is 10.6. The van der Waals surface area contributed by atoms with E-state index in [4.69, 9.17) is 9.15 Å². The fourth-order valence-corrected chi connectivity index (χ4v) is 2.01. The molecule has 94 valence electrons.